The number of rotatable bonds is 3. The van der Waals surface area contributed by atoms with Gasteiger partial charge < -0.3 is 5.32 Å². The summed E-state index contributed by atoms with van der Waals surface area (Å²) in [5, 5.41) is 5.93. The van der Waals surface area contributed by atoms with E-state index in [1.807, 2.05) is 11.3 Å². The summed E-state index contributed by atoms with van der Waals surface area (Å²) in [5.74, 6) is 0.701. The normalized spacial score (nSPS) is 26.0. The van der Waals surface area contributed by atoms with E-state index in [1.165, 1.54) is 4.88 Å². The van der Waals surface area contributed by atoms with Crippen LogP contribution < -0.4 is 5.32 Å². The Morgan fingerprint density at radius 2 is 2.16 bits per heavy atom. The second kappa shape index (κ2) is 5.94. The van der Waals surface area contributed by atoms with Crippen molar-refractivity contribution in [3.05, 3.63) is 22.4 Å². The van der Waals surface area contributed by atoms with Crippen molar-refractivity contribution in [2.45, 2.75) is 53.2 Å². The monoisotopic (exact) mass is 280 g/mol. The molecule has 1 aromatic rings. The lowest BCUT2D eigenvalue weighted by molar-refractivity contribution is 0.0408. The molecule has 2 rings (SSSR count). The van der Waals surface area contributed by atoms with Gasteiger partial charge in [-0.05, 0) is 22.8 Å². The largest absolute Gasteiger partial charge is 0.311 e. The summed E-state index contributed by atoms with van der Waals surface area (Å²) in [7, 11) is 0. The summed E-state index contributed by atoms with van der Waals surface area (Å²) in [5.41, 5.74) is 0.326. The van der Waals surface area contributed by atoms with Crippen molar-refractivity contribution < 1.29 is 0 Å². The molecule has 1 saturated heterocycles. The first kappa shape index (κ1) is 15.0. The van der Waals surface area contributed by atoms with E-state index < -0.39 is 0 Å². The summed E-state index contributed by atoms with van der Waals surface area (Å²) in [6, 6.07) is 5.66. The second-order valence-electron chi connectivity index (χ2n) is 7.15. The highest BCUT2D eigenvalue weighted by Crippen LogP contribution is 2.29. The van der Waals surface area contributed by atoms with E-state index in [0.717, 1.165) is 19.6 Å². The molecule has 1 N–H and O–H groups in total. The molecular weight excluding hydrogens is 252 g/mol. The number of hydrogen-bond donors (Lipinski definition) is 1. The Morgan fingerprint density at radius 1 is 1.42 bits per heavy atom. The maximum Gasteiger partial charge on any atom is 0.0332 e. The minimum Gasteiger partial charge on any atom is -0.311 e. The van der Waals surface area contributed by atoms with Crippen LogP contribution in [0.2, 0.25) is 0 Å². The molecule has 1 aliphatic rings. The third kappa shape index (κ3) is 3.80. The number of nitrogens with zero attached hydrogens (tertiary/aromatic N) is 1. The van der Waals surface area contributed by atoms with Crippen LogP contribution in [0, 0.1) is 11.3 Å². The van der Waals surface area contributed by atoms with Crippen molar-refractivity contribution in [1.82, 2.24) is 10.2 Å². The Bertz CT molecular complexity index is 378. The molecule has 19 heavy (non-hydrogen) atoms. The number of nitrogens with one attached hydrogen (secondary N) is 1. The van der Waals surface area contributed by atoms with Crippen LogP contribution in [0.1, 0.15) is 39.5 Å². The maximum absolute atomic E-state index is 3.75. The van der Waals surface area contributed by atoms with Gasteiger partial charge in [0.1, 0.15) is 0 Å². The van der Waals surface area contributed by atoms with E-state index in [4.69, 9.17) is 0 Å². The third-order valence-corrected chi connectivity index (χ3v) is 5.05. The number of thiophene rings is 1. The van der Waals surface area contributed by atoms with Crippen molar-refractivity contribution in [3.63, 3.8) is 0 Å². The fourth-order valence-corrected chi connectivity index (χ4v) is 3.64. The van der Waals surface area contributed by atoms with Crippen LogP contribution in [-0.4, -0.2) is 30.1 Å². The summed E-state index contributed by atoms with van der Waals surface area (Å²) in [4.78, 5) is 4.17. The molecule has 108 valence electrons. The molecule has 1 aromatic heterocycles. The van der Waals surface area contributed by atoms with Gasteiger partial charge in [-0.1, -0.05) is 40.7 Å². The molecule has 0 aromatic carbocycles. The van der Waals surface area contributed by atoms with Crippen molar-refractivity contribution in [1.29, 1.82) is 0 Å². The van der Waals surface area contributed by atoms with Crippen LogP contribution in [0.3, 0.4) is 0 Å². The van der Waals surface area contributed by atoms with Gasteiger partial charge in [-0.2, -0.15) is 0 Å². The summed E-state index contributed by atoms with van der Waals surface area (Å²) in [6.07, 6.45) is 0. The topological polar surface area (TPSA) is 15.3 Å². The van der Waals surface area contributed by atoms with E-state index in [9.17, 15) is 0 Å². The molecule has 0 aliphatic carbocycles. The lowest BCUT2D eigenvalue weighted by Crippen LogP contribution is -2.61. The maximum atomic E-state index is 3.75. The van der Waals surface area contributed by atoms with E-state index in [1.54, 1.807) is 0 Å². The third-order valence-electron chi connectivity index (χ3n) is 4.19. The molecule has 3 heteroatoms. The molecular formula is C16H28N2S. The highest BCUT2D eigenvalue weighted by atomic mass is 32.1. The second-order valence-corrected chi connectivity index (χ2v) is 8.18. The van der Waals surface area contributed by atoms with Crippen LogP contribution in [0.5, 0.6) is 0 Å². The van der Waals surface area contributed by atoms with E-state index >= 15 is 0 Å². The highest BCUT2D eigenvalue weighted by molar-refractivity contribution is 7.09. The molecule has 1 fully saturated rings. The highest BCUT2D eigenvalue weighted by Gasteiger charge is 2.36. The molecule has 0 saturated carbocycles. The minimum atomic E-state index is 0.326. The van der Waals surface area contributed by atoms with Crippen LogP contribution in [-0.2, 0) is 6.54 Å². The molecule has 1 aliphatic heterocycles. The van der Waals surface area contributed by atoms with Gasteiger partial charge in [0, 0.05) is 36.6 Å². The van der Waals surface area contributed by atoms with Crippen LogP contribution in [0.15, 0.2) is 17.5 Å². The Kier molecular flexibility index (Phi) is 4.70. The minimum absolute atomic E-state index is 0.326. The van der Waals surface area contributed by atoms with Gasteiger partial charge in [-0.15, -0.1) is 11.3 Å². The van der Waals surface area contributed by atoms with Crippen LogP contribution in [0.25, 0.3) is 0 Å². The van der Waals surface area contributed by atoms with Gasteiger partial charge in [0.25, 0.3) is 0 Å². The lowest BCUT2D eigenvalue weighted by atomic mass is 9.83. The fraction of sp³-hybridized carbons (Fsp3) is 0.750. The lowest BCUT2D eigenvalue weighted by Gasteiger charge is -2.47. The molecule has 2 heterocycles. The fourth-order valence-electron chi connectivity index (χ4n) is 2.91. The molecule has 0 amide bonds. The van der Waals surface area contributed by atoms with E-state index in [0.29, 0.717) is 23.4 Å². The Balaban J connectivity index is 2.11. The van der Waals surface area contributed by atoms with Crippen molar-refractivity contribution in [2.24, 2.45) is 11.3 Å². The van der Waals surface area contributed by atoms with E-state index in [2.05, 4.69) is 62.3 Å². The summed E-state index contributed by atoms with van der Waals surface area (Å²) >= 11 is 1.88. The van der Waals surface area contributed by atoms with Gasteiger partial charge in [0.05, 0.1) is 0 Å². The quantitative estimate of drug-likeness (QED) is 0.910. The van der Waals surface area contributed by atoms with Crippen molar-refractivity contribution in [3.8, 4) is 0 Å². The van der Waals surface area contributed by atoms with Gasteiger partial charge in [0.2, 0.25) is 0 Å². The standard InChI is InChI=1S/C16H28N2S/c1-12(2)14-11-18(10-13-7-6-8-19-13)15(9-17-14)16(3,4)5/h6-8,12,14-15,17H,9-11H2,1-5H3. The number of piperazine rings is 1. The van der Waals surface area contributed by atoms with Gasteiger partial charge >= 0.3 is 0 Å². The number of hydrogen-bond acceptors (Lipinski definition) is 3. The molecule has 2 nitrogen and oxygen atoms in total. The Morgan fingerprint density at radius 3 is 2.68 bits per heavy atom. The first-order valence-electron chi connectivity index (χ1n) is 7.37. The predicted octanol–water partition coefficient (Wildman–Crippen LogP) is 3.59. The van der Waals surface area contributed by atoms with E-state index in [-0.39, 0.29) is 0 Å². The van der Waals surface area contributed by atoms with Gasteiger partial charge in [-0.25, -0.2) is 0 Å². The zero-order valence-electron chi connectivity index (χ0n) is 12.9. The van der Waals surface area contributed by atoms with Crippen molar-refractivity contribution >= 4 is 11.3 Å². The van der Waals surface area contributed by atoms with Crippen LogP contribution in [0.4, 0.5) is 0 Å². The summed E-state index contributed by atoms with van der Waals surface area (Å²) < 4.78 is 0. The van der Waals surface area contributed by atoms with Crippen molar-refractivity contribution in [2.75, 3.05) is 13.1 Å². The first-order valence-corrected chi connectivity index (χ1v) is 8.25. The Labute approximate surface area is 122 Å². The smallest absolute Gasteiger partial charge is 0.0332 e. The molecule has 0 spiro atoms. The van der Waals surface area contributed by atoms with Gasteiger partial charge in [-0.3, -0.25) is 4.90 Å². The first-order chi connectivity index (χ1) is 8.88. The predicted molar refractivity (Wildman–Crippen MR) is 84.6 cm³/mol. The summed E-state index contributed by atoms with van der Waals surface area (Å²) in [6.45, 7) is 15.1. The molecule has 0 bridgehead atoms. The van der Waals surface area contributed by atoms with Gasteiger partial charge in [0.15, 0.2) is 0 Å². The Hall–Kier alpha value is -0.380. The molecule has 0 radical (unpaired) electrons. The average molecular weight is 280 g/mol. The zero-order chi connectivity index (χ0) is 14.0. The van der Waals surface area contributed by atoms with Crippen LogP contribution >= 0.6 is 11.3 Å². The molecule has 2 atom stereocenters. The average Bonchev–Trinajstić information content (AvgIpc) is 2.80. The zero-order valence-corrected chi connectivity index (χ0v) is 13.8. The molecule has 2 unspecified atom stereocenters. The SMILES string of the molecule is CC(C)C1CN(Cc2cccs2)C(C(C)(C)C)CN1.